The predicted octanol–water partition coefficient (Wildman–Crippen LogP) is 3.85. The molecule has 1 amide bonds. The van der Waals surface area contributed by atoms with Gasteiger partial charge in [0.15, 0.2) is 17.8 Å². The number of carbonyl (C=O) groups excluding carboxylic acids is 1. The molecule has 0 saturated carbocycles. The number of oxazole rings is 1. The summed E-state index contributed by atoms with van der Waals surface area (Å²) in [6.45, 7) is 4.41. The van der Waals surface area contributed by atoms with E-state index >= 15 is 0 Å². The minimum absolute atomic E-state index is 0.0255. The van der Waals surface area contributed by atoms with Crippen molar-refractivity contribution < 1.29 is 13.9 Å². The van der Waals surface area contributed by atoms with E-state index in [-0.39, 0.29) is 12.0 Å². The Balaban J connectivity index is 1.44. The van der Waals surface area contributed by atoms with Crippen molar-refractivity contribution in [3.05, 3.63) is 53.2 Å². The number of ether oxygens (including phenoxy) is 1. The van der Waals surface area contributed by atoms with Gasteiger partial charge in [-0.25, -0.2) is 4.98 Å². The van der Waals surface area contributed by atoms with Gasteiger partial charge in [-0.2, -0.15) is 0 Å². The maximum absolute atomic E-state index is 12.9. The summed E-state index contributed by atoms with van der Waals surface area (Å²) in [5.74, 6) is 1.10. The second-order valence-corrected chi connectivity index (χ2v) is 6.99. The summed E-state index contributed by atoms with van der Waals surface area (Å²) in [7, 11) is 0. The first-order valence-electron chi connectivity index (χ1n) is 9.14. The van der Waals surface area contributed by atoms with Crippen molar-refractivity contribution in [3.8, 4) is 0 Å². The Morgan fingerprint density at radius 2 is 2.00 bits per heavy atom. The van der Waals surface area contributed by atoms with E-state index in [0.29, 0.717) is 17.4 Å². The van der Waals surface area contributed by atoms with E-state index in [9.17, 15) is 4.79 Å². The summed E-state index contributed by atoms with van der Waals surface area (Å²) in [5, 5.41) is 0. The summed E-state index contributed by atoms with van der Waals surface area (Å²) in [6.07, 6.45) is 5.12. The SMILES string of the molecule is Cc1ccccc1C1CCN(C(=O)c2ncoc2C2CCCO2)CC1. The van der Waals surface area contributed by atoms with Crippen LogP contribution in [0, 0.1) is 6.92 Å². The maximum Gasteiger partial charge on any atom is 0.276 e. The quantitative estimate of drug-likeness (QED) is 0.851. The normalized spacial score (nSPS) is 21.6. The lowest BCUT2D eigenvalue weighted by atomic mass is 9.87. The number of aromatic nitrogens is 1. The minimum Gasteiger partial charge on any atom is -0.445 e. The lowest BCUT2D eigenvalue weighted by Gasteiger charge is -2.32. The van der Waals surface area contributed by atoms with Crippen LogP contribution < -0.4 is 0 Å². The highest BCUT2D eigenvalue weighted by Gasteiger charge is 2.32. The molecule has 3 heterocycles. The molecule has 1 atom stereocenters. The summed E-state index contributed by atoms with van der Waals surface area (Å²) >= 11 is 0. The summed E-state index contributed by atoms with van der Waals surface area (Å²) in [4.78, 5) is 19.0. The molecule has 2 aliphatic rings. The molecular weight excluding hydrogens is 316 g/mol. The van der Waals surface area contributed by atoms with Crippen molar-refractivity contribution in [1.29, 1.82) is 0 Å². The Hall–Kier alpha value is -2.14. The molecule has 2 aromatic rings. The van der Waals surface area contributed by atoms with Gasteiger partial charge in [0.05, 0.1) is 0 Å². The number of hydrogen-bond donors (Lipinski definition) is 0. The van der Waals surface area contributed by atoms with Gasteiger partial charge < -0.3 is 14.1 Å². The number of aryl methyl sites for hydroxylation is 1. The van der Waals surface area contributed by atoms with Crippen molar-refractivity contribution in [2.75, 3.05) is 19.7 Å². The number of benzene rings is 1. The molecule has 0 radical (unpaired) electrons. The van der Waals surface area contributed by atoms with Crippen LogP contribution in [0.25, 0.3) is 0 Å². The standard InChI is InChI=1S/C20H24N2O3/c1-14-5-2-3-6-16(14)15-8-10-22(11-9-15)20(23)18-19(25-13-21-18)17-7-4-12-24-17/h2-3,5-6,13,15,17H,4,7-12H2,1H3. The first-order chi connectivity index (χ1) is 12.2. The second kappa shape index (κ2) is 7.00. The molecule has 0 N–H and O–H groups in total. The number of amides is 1. The third-order valence-corrected chi connectivity index (χ3v) is 5.43. The van der Waals surface area contributed by atoms with E-state index in [0.717, 1.165) is 45.4 Å². The molecule has 5 nitrogen and oxygen atoms in total. The monoisotopic (exact) mass is 340 g/mol. The van der Waals surface area contributed by atoms with Crippen LogP contribution >= 0.6 is 0 Å². The number of rotatable bonds is 3. The van der Waals surface area contributed by atoms with Gasteiger partial charge in [-0.05, 0) is 49.7 Å². The highest BCUT2D eigenvalue weighted by atomic mass is 16.5. The Kier molecular flexibility index (Phi) is 4.57. The molecule has 5 heteroatoms. The van der Waals surface area contributed by atoms with Crippen LogP contribution in [0.3, 0.4) is 0 Å². The van der Waals surface area contributed by atoms with Gasteiger partial charge in [-0.3, -0.25) is 4.79 Å². The van der Waals surface area contributed by atoms with Gasteiger partial charge in [0, 0.05) is 19.7 Å². The van der Waals surface area contributed by atoms with Crippen molar-refractivity contribution in [2.24, 2.45) is 0 Å². The minimum atomic E-state index is -0.119. The van der Waals surface area contributed by atoms with Crippen LogP contribution in [0.2, 0.25) is 0 Å². The highest BCUT2D eigenvalue weighted by molar-refractivity contribution is 5.93. The molecule has 1 unspecified atom stereocenters. The molecule has 1 aromatic heterocycles. The van der Waals surface area contributed by atoms with Crippen LogP contribution in [0.1, 0.15) is 65.1 Å². The van der Waals surface area contributed by atoms with E-state index in [1.165, 1.54) is 17.5 Å². The van der Waals surface area contributed by atoms with Gasteiger partial charge in [-0.15, -0.1) is 0 Å². The Morgan fingerprint density at radius 3 is 2.72 bits per heavy atom. The van der Waals surface area contributed by atoms with Crippen LogP contribution in [-0.4, -0.2) is 35.5 Å². The zero-order valence-corrected chi connectivity index (χ0v) is 14.6. The lowest BCUT2D eigenvalue weighted by Crippen LogP contribution is -2.38. The highest BCUT2D eigenvalue weighted by Crippen LogP contribution is 2.33. The van der Waals surface area contributed by atoms with Crippen molar-refractivity contribution in [2.45, 2.75) is 44.6 Å². The number of hydrogen-bond acceptors (Lipinski definition) is 4. The van der Waals surface area contributed by atoms with Gasteiger partial charge in [0.25, 0.3) is 5.91 Å². The van der Waals surface area contributed by atoms with Gasteiger partial charge in [0.1, 0.15) is 6.10 Å². The molecule has 2 saturated heterocycles. The van der Waals surface area contributed by atoms with Crippen molar-refractivity contribution >= 4 is 5.91 Å². The average Bonchev–Trinajstić information content (AvgIpc) is 3.33. The Bertz CT molecular complexity index is 741. The first kappa shape index (κ1) is 16.3. The number of piperidine rings is 1. The fourth-order valence-corrected chi connectivity index (χ4v) is 4.02. The molecule has 0 aliphatic carbocycles. The van der Waals surface area contributed by atoms with Crippen molar-refractivity contribution in [1.82, 2.24) is 9.88 Å². The van der Waals surface area contributed by atoms with Gasteiger partial charge in [-0.1, -0.05) is 24.3 Å². The molecule has 2 aliphatic heterocycles. The van der Waals surface area contributed by atoms with Gasteiger partial charge >= 0.3 is 0 Å². The largest absolute Gasteiger partial charge is 0.445 e. The third kappa shape index (κ3) is 3.21. The molecular formula is C20H24N2O3. The summed E-state index contributed by atoms with van der Waals surface area (Å²) in [6, 6.07) is 8.55. The van der Waals surface area contributed by atoms with Crippen LogP contribution in [0.5, 0.6) is 0 Å². The van der Waals surface area contributed by atoms with E-state index in [1.807, 2.05) is 4.90 Å². The van der Waals surface area contributed by atoms with Crippen molar-refractivity contribution in [3.63, 3.8) is 0 Å². The topological polar surface area (TPSA) is 55.6 Å². The third-order valence-electron chi connectivity index (χ3n) is 5.43. The number of likely N-dealkylation sites (tertiary alicyclic amines) is 1. The van der Waals surface area contributed by atoms with Crippen LogP contribution in [0.15, 0.2) is 35.1 Å². The number of carbonyl (C=O) groups is 1. The predicted molar refractivity (Wildman–Crippen MR) is 93.5 cm³/mol. The van der Waals surface area contributed by atoms with E-state index in [4.69, 9.17) is 9.15 Å². The molecule has 132 valence electrons. The summed E-state index contributed by atoms with van der Waals surface area (Å²) < 4.78 is 11.1. The number of nitrogens with zero attached hydrogens (tertiary/aromatic N) is 2. The Morgan fingerprint density at radius 1 is 1.20 bits per heavy atom. The molecule has 0 bridgehead atoms. The van der Waals surface area contributed by atoms with Gasteiger partial charge in [0.2, 0.25) is 0 Å². The second-order valence-electron chi connectivity index (χ2n) is 6.99. The molecule has 25 heavy (non-hydrogen) atoms. The van der Waals surface area contributed by atoms with E-state index in [1.54, 1.807) is 0 Å². The first-order valence-corrected chi connectivity index (χ1v) is 9.14. The van der Waals surface area contributed by atoms with E-state index < -0.39 is 0 Å². The zero-order chi connectivity index (χ0) is 17.2. The molecule has 1 aromatic carbocycles. The van der Waals surface area contributed by atoms with E-state index in [2.05, 4.69) is 36.2 Å². The lowest BCUT2D eigenvalue weighted by molar-refractivity contribution is 0.0677. The fourth-order valence-electron chi connectivity index (χ4n) is 4.02. The summed E-state index contributed by atoms with van der Waals surface area (Å²) in [5.41, 5.74) is 3.18. The fraction of sp³-hybridized carbons (Fsp3) is 0.500. The Labute approximate surface area is 148 Å². The maximum atomic E-state index is 12.9. The smallest absolute Gasteiger partial charge is 0.276 e. The molecule has 2 fully saturated rings. The molecule has 4 rings (SSSR count). The zero-order valence-electron chi connectivity index (χ0n) is 14.6. The molecule has 0 spiro atoms. The van der Waals surface area contributed by atoms with Crippen LogP contribution in [0.4, 0.5) is 0 Å². The average molecular weight is 340 g/mol. The van der Waals surface area contributed by atoms with Crippen LogP contribution in [-0.2, 0) is 4.74 Å².